The molecule has 1 aromatic rings. The van der Waals surface area contributed by atoms with Crippen LogP contribution < -0.4 is 21.1 Å². The lowest BCUT2D eigenvalue weighted by Gasteiger charge is -2.32. The Bertz CT molecular complexity index is 667. The molecule has 1 amide bonds. The van der Waals surface area contributed by atoms with Gasteiger partial charge in [-0.25, -0.2) is 4.99 Å². The molecule has 0 spiro atoms. The average molecular weight is 388 g/mol. The third-order valence-corrected chi connectivity index (χ3v) is 5.38. The minimum absolute atomic E-state index is 0.260. The zero-order valence-corrected chi connectivity index (χ0v) is 16.8. The maximum absolute atomic E-state index is 11.1. The van der Waals surface area contributed by atoms with Crippen LogP contribution in [0.1, 0.15) is 44.6 Å². The van der Waals surface area contributed by atoms with E-state index in [1.807, 2.05) is 18.2 Å². The number of amides is 1. The molecule has 154 valence electrons. The van der Waals surface area contributed by atoms with E-state index in [0.29, 0.717) is 25.2 Å². The third kappa shape index (κ3) is 6.12. The summed E-state index contributed by atoms with van der Waals surface area (Å²) in [5, 5.41) is 6.88. The number of primary amides is 1. The number of nitrogens with two attached hydrogens (primary N) is 1. The van der Waals surface area contributed by atoms with Gasteiger partial charge in [-0.05, 0) is 45.1 Å². The first kappa shape index (κ1) is 20.5. The van der Waals surface area contributed by atoms with Gasteiger partial charge in [-0.3, -0.25) is 9.69 Å². The van der Waals surface area contributed by atoms with Crippen molar-refractivity contribution >= 4 is 11.9 Å². The van der Waals surface area contributed by atoms with Gasteiger partial charge in [0.2, 0.25) is 5.91 Å². The molecule has 1 aliphatic heterocycles. The zero-order chi connectivity index (χ0) is 19.8. The molecule has 4 N–H and O–H groups in total. The Balaban J connectivity index is 1.55. The Kier molecular flexibility index (Phi) is 7.54. The monoisotopic (exact) mass is 387 g/mol. The summed E-state index contributed by atoms with van der Waals surface area (Å²) >= 11 is 0. The second kappa shape index (κ2) is 10.3. The van der Waals surface area contributed by atoms with E-state index in [4.69, 9.17) is 15.5 Å². The van der Waals surface area contributed by atoms with Gasteiger partial charge in [0.15, 0.2) is 5.96 Å². The summed E-state index contributed by atoms with van der Waals surface area (Å²) < 4.78 is 6.11. The zero-order valence-electron chi connectivity index (χ0n) is 16.8. The van der Waals surface area contributed by atoms with Gasteiger partial charge in [0.25, 0.3) is 0 Å². The van der Waals surface area contributed by atoms with E-state index in [0.717, 1.165) is 62.6 Å². The first-order chi connectivity index (χ1) is 13.6. The SMILES string of the molecule is CCNC(=NCc1ccccc1OC1CCC1)NC1CCN(CC(N)=O)CC1. The molecule has 1 aromatic carbocycles. The molecule has 2 fully saturated rings. The molecule has 2 aliphatic rings. The number of piperidine rings is 1. The molecule has 0 aromatic heterocycles. The average Bonchev–Trinajstić information content (AvgIpc) is 2.65. The predicted octanol–water partition coefficient (Wildman–Crippen LogP) is 1.62. The summed E-state index contributed by atoms with van der Waals surface area (Å²) in [6, 6.07) is 8.53. The van der Waals surface area contributed by atoms with Crippen LogP contribution in [0.4, 0.5) is 0 Å². The third-order valence-electron chi connectivity index (χ3n) is 5.38. The Morgan fingerprint density at radius 1 is 1.25 bits per heavy atom. The highest BCUT2D eigenvalue weighted by Crippen LogP contribution is 2.27. The largest absolute Gasteiger partial charge is 0.490 e. The van der Waals surface area contributed by atoms with Gasteiger partial charge in [0, 0.05) is 31.2 Å². The molecule has 28 heavy (non-hydrogen) atoms. The maximum atomic E-state index is 11.1. The summed E-state index contributed by atoms with van der Waals surface area (Å²) in [6.45, 7) is 5.56. The van der Waals surface area contributed by atoms with E-state index in [2.05, 4.69) is 28.5 Å². The topological polar surface area (TPSA) is 92.0 Å². The van der Waals surface area contributed by atoms with Crippen LogP contribution in [-0.4, -0.2) is 55.1 Å². The van der Waals surface area contributed by atoms with Crippen molar-refractivity contribution in [2.75, 3.05) is 26.2 Å². The molecule has 0 radical (unpaired) electrons. The summed E-state index contributed by atoms with van der Waals surface area (Å²) in [4.78, 5) is 18.0. The molecule has 7 heteroatoms. The number of rotatable bonds is 8. The maximum Gasteiger partial charge on any atom is 0.231 e. The first-order valence-electron chi connectivity index (χ1n) is 10.4. The number of carbonyl (C=O) groups is 1. The van der Waals surface area contributed by atoms with Crippen molar-refractivity contribution in [2.24, 2.45) is 10.7 Å². The van der Waals surface area contributed by atoms with E-state index in [1.54, 1.807) is 0 Å². The number of benzene rings is 1. The van der Waals surface area contributed by atoms with Crippen LogP contribution in [0.25, 0.3) is 0 Å². The fraction of sp³-hybridized carbons (Fsp3) is 0.619. The number of guanidine groups is 1. The van der Waals surface area contributed by atoms with Gasteiger partial charge in [0.05, 0.1) is 19.2 Å². The molecule has 0 atom stereocenters. The fourth-order valence-electron chi connectivity index (χ4n) is 3.55. The van der Waals surface area contributed by atoms with Gasteiger partial charge in [-0.15, -0.1) is 0 Å². The van der Waals surface area contributed by atoms with Crippen LogP contribution in [0.5, 0.6) is 5.75 Å². The summed E-state index contributed by atoms with van der Waals surface area (Å²) in [6.07, 6.45) is 5.87. The highest BCUT2D eigenvalue weighted by molar-refractivity contribution is 5.80. The molecule has 1 aliphatic carbocycles. The first-order valence-corrected chi connectivity index (χ1v) is 10.4. The number of aliphatic imine (C=N–C) groups is 1. The quantitative estimate of drug-likeness (QED) is 0.466. The van der Waals surface area contributed by atoms with Crippen molar-refractivity contribution < 1.29 is 9.53 Å². The molecule has 3 rings (SSSR count). The van der Waals surface area contributed by atoms with Crippen LogP contribution in [0, 0.1) is 0 Å². The molecule has 7 nitrogen and oxygen atoms in total. The summed E-state index contributed by atoms with van der Waals surface area (Å²) in [5.41, 5.74) is 6.41. The predicted molar refractivity (Wildman–Crippen MR) is 111 cm³/mol. The van der Waals surface area contributed by atoms with Crippen molar-refractivity contribution in [3.8, 4) is 5.75 Å². The number of likely N-dealkylation sites (tertiary alicyclic amines) is 1. The van der Waals surface area contributed by atoms with E-state index in [1.165, 1.54) is 6.42 Å². The number of hydrogen-bond acceptors (Lipinski definition) is 4. The minimum Gasteiger partial charge on any atom is -0.490 e. The lowest BCUT2D eigenvalue weighted by atomic mass is 9.96. The van der Waals surface area contributed by atoms with Crippen LogP contribution in [0.2, 0.25) is 0 Å². The van der Waals surface area contributed by atoms with Crippen LogP contribution in [0.3, 0.4) is 0 Å². The minimum atomic E-state index is -0.260. The van der Waals surface area contributed by atoms with Gasteiger partial charge in [-0.2, -0.15) is 0 Å². The van der Waals surface area contributed by atoms with E-state index in [-0.39, 0.29) is 5.91 Å². The highest BCUT2D eigenvalue weighted by atomic mass is 16.5. The molecule has 1 saturated heterocycles. The standard InChI is InChI=1S/C21H33N5O2/c1-2-23-21(25-17-10-12-26(13-11-17)15-20(22)27)24-14-16-6-3-4-9-19(16)28-18-7-5-8-18/h3-4,6,9,17-18H,2,5,7-8,10-15H2,1H3,(H2,22,27)(H2,23,24,25). The van der Waals surface area contributed by atoms with E-state index >= 15 is 0 Å². The normalized spacial score (nSPS) is 19.1. The number of para-hydroxylation sites is 1. The molecule has 1 saturated carbocycles. The van der Waals surface area contributed by atoms with Gasteiger partial charge < -0.3 is 21.1 Å². The smallest absolute Gasteiger partial charge is 0.231 e. The molecular formula is C21H33N5O2. The number of carbonyl (C=O) groups excluding carboxylic acids is 1. The molecule has 1 heterocycles. The van der Waals surface area contributed by atoms with E-state index in [9.17, 15) is 4.79 Å². The van der Waals surface area contributed by atoms with Crippen molar-refractivity contribution in [1.29, 1.82) is 0 Å². The van der Waals surface area contributed by atoms with Gasteiger partial charge in [0.1, 0.15) is 5.75 Å². The molecule has 0 unspecified atom stereocenters. The molecule has 0 bridgehead atoms. The second-order valence-electron chi connectivity index (χ2n) is 7.63. The van der Waals surface area contributed by atoms with Crippen LogP contribution >= 0.6 is 0 Å². The second-order valence-corrected chi connectivity index (χ2v) is 7.63. The Morgan fingerprint density at radius 3 is 2.64 bits per heavy atom. The number of nitrogens with zero attached hydrogens (tertiary/aromatic N) is 2. The van der Waals surface area contributed by atoms with Gasteiger partial charge >= 0.3 is 0 Å². The summed E-state index contributed by atoms with van der Waals surface area (Å²) in [7, 11) is 0. The Hall–Kier alpha value is -2.28. The number of ether oxygens (including phenoxy) is 1. The van der Waals surface area contributed by atoms with Crippen LogP contribution in [0.15, 0.2) is 29.3 Å². The fourth-order valence-corrected chi connectivity index (χ4v) is 3.55. The molecular weight excluding hydrogens is 354 g/mol. The van der Waals surface area contributed by atoms with Crippen molar-refractivity contribution in [2.45, 2.75) is 57.7 Å². The Morgan fingerprint density at radius 2 is 2.00 bits per heavy atom. The van der Waals surface area contributed by atoms with Crippen molar-refractivity contribution in [3.05, 3.63) is 29.8 Å². The van der Waals surface area contributed by atoms with E-state index < -0.39 is 0 Å². The Labute approximate surface area is 167 Å². The summed E-state index contributed by atoms with van der Waals surface area (Å²) in [5.74, 6) is 1.52. The number of hydrogen-bond donors (Lipinski definition) is 3. The number of nitrogens with one attached hydrogen (secondary N) is 2. The van der Waals surface area contributed by atoms with Gasteiger partial charge in [-0.1, -0.05) is 18.2 Å². The highest BCUT2D eigenvalue weighted by Gasteiger charge is 2.22. The lowest BCUT2D eigenvalue weighted by Crippen LogP contribution is -2.49. The lowest BCUT2D eigenvalue weighted by molar-refractivity contribution is -0.119. The van der Waals surface area contributed by atoms with Crippen molar-refractivity contribution in [3.63, 3.8) is 0 Å². The van der Waals surface area contributed by atoms with Crippen LogP contribution in [-0.2, 0) is 11.3 Å². The van der Waals surface area contributed by atoms with Crippen molar-refractivity contribution in [1.82, 2.24) is 15.5 Å².